The van der Waals surface area contributed by atoms with Gasteiger partial charge in [0.25, 0.3) is 0 Å². The predicted octanol–water partition coefficient (Wildman–Crippen LogP) is 2.63. The molecule has 0 fully saturated rings. The Morgan fingerprint density at radius 2 is 2.05 bits per heavy atom. The van der Waals surface area contributed by atoms with Gasteiger partial charge in [0.05, 0.1) is 5.69 Å². The number of rotatable bonds is 5. The molecular weight excluding hydrogens is 316 g/mol. The van der Waals surface area contributed by atoms with Gasteiger partial charge in [-0.2, -0.15) is 5.10 Å². The van der Waals surface area contributed by atoms with Crippen molar-refractivity contribution < 1.29 is 0 Å². The number of nitrogens with zero attached hydrogens (tertiary/aromatic N) is 3. The summed E-state index contributed by atoms with van der Waals surface area (Å²) in [6.07, 6.45) is 0.856. The minimum Gasteiger partial charge on any atom is -0.355 e. The van der Waals surface area contributed by atoms with Crippen LogP contribution in [0.1, 0.15) is 16.8 Å². The fraction of sp³-hybridized carbons (Fsp3) is 0.400. The first-order chi connectivity index (χ1) is 9.54. The molecule has 0 aliphatic heterocycles. The molecule has 1 aromatic carbocycles. The molecule has 4 nitrogen and oxygen atoms in total. The van der Waals surface area contributed by atoms with Crippen molar-refractivity contribution >= 4 is 21.7 Å². The molecule has 1 heterocycles. The fourth-order valence-electron chi connectivity index (χ4n) is 2.56. The van der Waals surface area contributed by atoms with Gasteiger partial charge in [0.15, 0.2) is 0 Å². The highest BCUT2D eigenvalue weighted by molar-refractivity contribution is 9.10. The van der Waals surface area contributed by atoms with Gasteiger partial charge in [-0.25, -0.2) is 0 Å². The van der Waals surface area contributed by atoms with Gasteiger partial charge in [-0.3, -0.25) is 4.68 Å². The highest BCUT2D eigenvalue weighted by Crippen LogP contribution is 2.25. The lowest BCUT2D eigenvalue weighted by Gasteiger charge is -2.22. The van der Waals surface area contributed by atoms with Crippen LogP contribution in [-0.2, 0) is 20.0 Å². The maximum Gasteiger partial charge on any atom is 0.130 e. The fourth-order valence-corrected chi connectivity index (χ4v) is 2.97. The quantitative estimate of drug-likeness (QED) is 0.912. The molecule has 0 spiro atoms. The van der Waals surface area contributed by atoms with Crippen LogP contribution in [0.2, 0.25) is 0 Å². The van der Waals surface area contributed by atoms with E-state index in [4.69, 9.17) is 5.73 Å². The molecule has 5 heteroatoms. The summed E-state index contributed by atoms with van der Waals surface area (Å²) >= 11 is 3.60. The van der Waals surface area contributed by atoms with E-state index < -0.39 is 0 Å². The SMILES string of the molecule is Cc1nn(C)c(N(C)Cc2ccccc2Br)c1CCN. The van der Waals surface area contributed by atoms with Crippen molar-refractivity contribution in [1.82, 2.24) is 9.78 Å². The summed E-state index contributed by atoms with van der Waals surface area (Å²) in [4.78, 5) is 2.23. The van der Waals surface area contributed by atoms with Crippen LogP contribution in [0.15, 0.2) is 28.7 Å². The topological polar surface area (TPSA) is 47.1 Å². The van der Waals surface area contributed by atoms with Crippen LogP contribution in [0.5, 0.6) is 0 Å². The normalized spacial score (nSPS) is 10.8. The third-order valence-corrected chi connectivity index (χ3v) is 4.21. The monoisotopic (exact) mass is 336 g/mol. The smallest absolute Gasteiger partial charge is 0.130 e. The van der Waals surface area contributed by atoms with Crippen LogP contribution in [0.3, 0.4) is 0 Å². The summed E-state index contributed by atoms with van der Waals surface area (Å²) in [5, 5.41) is 4.52. The van der Waals surface area contributed by atoms with Gasteiger partial charge < -0.3 is 10.6 Å². The van der Waals surface area contributed by atoms with E-state index in [1.54, 1.807) is 0 Å². The largest absolute Gasteiger partial charge is 0.355 e. The Kier molecular flexibility index (Phi) is 4.83. The number of hydrogen-bond donors (Lipinski definition) is 1. The van der Waals surface area contributed by atoms with Crippen molar-refractivity contribution in [2.75, 3.05) is 18.5 Å². The first-order valence-electron chi connectivity index (χ1n) is 6.71. The second-order valence-electron chi connectivity index (χ2n) is 5.00. The van der Waals surface area contributed by atoms with E-state index in [2.05, 4.69) is 51.2 Å². The van der Waals surface area contributed by atoms with Crippen molar-refractivity contribution in [3.05, 3.63) is 45.6 Å². The van der Waals surface area contributed by atoms with Crippen LogP contribution < -0.4 is 10.6 Å². The molecule has 20 heavy (non-hydrogen) atoms. The van der Waals surface area contributed by atoms with E-state index in [0.717, 1.165) is 29.0 Å². The zero-order valence-electron chi connectivity index (χ0n) is 12.2. The number of aryl methyl sites for hydroxylation is 2. The molecule has 2 aromatic rings. The van der Waals surface area contributed by atoms with E-state index in [1.807, 2.05) is 24.7 Å². The third-order valence-electron chi connectivity index (χ3n) is 3.43. The van der Waals surface area contributed by atoms with Gasteiger partial charge in [0, 0.05) is 30.7 Å². The van der Waals surface area contributed by atoms with E-state index in [-0.39, 0.29) is 0 Å². The predicted molar refractivity (Wildman–Crippen MR) is 87.0 cm³/mol. The molecule has 0 aliphatic rings. The lowest BCUT2D eigenvalue weighted by Crippen LogP contribution is -2.21. The number of hydrogen-bond acceptors (Lipinski definition) is 3. The Balaban J connectivity index is 2.29. The maximum atomic E-state index is 5.72. The van der Waals surface area contributed by atoms with Crippen molar-refractivity contribution in [1.29, 1.82) is 0 Å². The molecule has 2 rings (SSSR count). The highest BCUT2D eigenvalue weighted by atomic mass is 79.9. The Hall–Kier alpha value is -1.33. The molecule has 0 radical (unpaired) electrons. The molecule has 0 amide bonds. The lowest BCUT2D eigenvalue weighted by molar-refractivity contribution is 0.725. The molecule has 0 saturated carbocycles. The Morgan fingerprint density at radius 1 is 1.35 bits per heavy atom. The minimum atomic E-state index is 0.641. The zero-order chi connectivity index (χ0) is 14.7. The molecule has 2 N–H and O–H groups in total. The summed E-state index contributed by atoms with van der Waals surface area (Å²) in [6.45, 7) is 3.52. The van der Waals surface area contributed by atoms with E-state index >= 15 is 0 Å². The zero-order valence-corrected chi connectivity index (χ0v) is 13.8. The lowest BCUT2D eigenvalue weighted by atomic mass is 10.1. The Bertz CT molecular complexity index is 592. The molecule has 0 unspecified atom stereocenters. The molecule has 0 aliphatic carbocycles. The van der Waals surface area contributed by atoms with E-state index in [0.29, 0.717) is 6.54 Å². The third kappa shape index (κ3) is 3.04. The average Bonchev–Trinajstić information content (AvgIpc) is 2.67. The first kappa shape index (κ1) is 15.1. The summed E-state index contributed by atoms with van der Waals surface area (Å²) in [7, 11) is 4.08. The van der Waals surface area contributed by atoms with Gasteiger partial charge in [-0.05, 0) is 31.5 Å². The Labute approximate surface area is 128 Å². The summed E-state index contributed by atoms with van der Waals surface area (Å²) < 4.78 is 3.07. The van der Waals surface area contributed by atoms with E-state index in [9.17, 15) is 0 Å². The second kappa shape index (κ2) is 6.41. The maximum absolute atomic E-state index is 5.72. The van der Waals surface area contributed by atoms with Gasteiger partial charge in [-0.1, -0.05) is 34.1 Å². The van der Waals surface area contributed by atoms with E-state index in [1.165, 1.54) is 11.1 Å². The van der Waals surface area contributed by atoms with Crippen LogP contribution >= 0.6 is 15.9 Å². The number of nitrogens with two attached hydrogens (primary N) is 1. The number of halogens is 1. The average molecular weight is 337 g/mol. The van der Waals surface area contributed by atoms with Crippen molar-refractivity contribution in [3.8, 4) is 0 Å². The van der Waals surface area contributed by atoms with Gasteiger partial charge in [-0.15, -0.1) is 0 Å². The van der Waals surface area contributed by atoms with Crippen LogP contribution in [-0.4, -0.2) is 23.4 Å². The molecule has 1 aromatic heterocycles. The van der Waals surface area contributed by atoms with Crippen LogP contribution in [0.25, 0.3) is 0 Å². The molecule has 0 saturated heterocycles. The van der Waals surface area contributed by atoms with Crippen molar-refractivity contribution in [2.24, 2.45) is 12.8 Å². The molecular formula is C15H21BrN4. The van der Waals surface area contributed by atoms with Crippen molar-refractivity contribution in [3.63, 3.8) is 0 Å². The number of anilines is 1. The molecule has 0 atom stereocenters. The Morgan fingerprint density at radius 3 is 2.70 bits per heavy atom. The number of aromatic nitrogens is 2. The molecule has 108 valence electrons. The van der Waals surface area contributed by atoms with Gasteiger partial charge >= 0.3 is 0 Å². The standard InChI is InChI=1S/C15H21BrN4/c1-11-13(8-9-17)15(20(3)18-11)19(2)10-12-6-4-5-7-14(12)16/h4-7H,8-10,17H2,1-3H3. The second-order valence-corrected chi connectivity index (χ2v) is 5.85. The summed E-state index contributed by atoms with van der Waals surface area (Å²) in [5.41, 5.74) is 9.28. The number of benzene rings is 1. The van der Waals surface area contributed by atoms with Crippen molar-refractivity contribution in [2.45, 2.75) is 19.9 Å². The first-order valence-corrected chi connectivity index (χ1v) is 7.51. The van der Waals surface area contributed by atoms with Gasteiger partial charge in [0.1, 0.15) is 5.82 Å². The summed E-state index contributed by atoms with van der Waals surface area (Å²) in [6, 6.07) is 8.29. The molecule has 0 bridgehead atoms. The summed E-state index contributed by atoms with van der Waals surface area (Å²) in [5.74, 6) is 1.14. The highest BCUT2D eigenvalue weighted by Gasteiger charge is 2.16. The minimum absolute atomic E-state index is 0.641. The van der Waals surface area contributed by atoms with Crippen LogP contribution in [0, 0.1) is 6.92 Å². The van der Waals surface area contributed by atoms with Crippen LogP contribution in [0.4, 0.5) is 5.82 Å². The van der Waals surface area contributed by atoms with Gasteiger partial charge in [0.2, 0.25) is 0 Å².